The van der Waals surface area contributed by atoms with Crippen LogP contribution in [0.4, 0.5) is 0 Å². The Hall–Kier alpha value is -2.96. The van der Waals surface area contributed by atoms with Gasteiger partial charge in [0.1, 0.15) is 0 Å². The quantitative estimate of drug-likeness (QED) is 0.526. The Balaban J connectivity index is 1.32. The van der Waals surface area contributed by atoms with E-state index in [2.05, 4.69) is 49.9 Å². The van der Waals surface area contributed by atoms with Crippen LogP contribution in [0.1, 0.15) is 17.0 Å². The van der Waals surface area contributed by atoms with Crippen LogP contribution in [0.15, 0.2) is 65.7 Å². The molecule has 28 heavy (non-hydrogen) atoms. The van der Waals surface area contributed by atoms with E-state index in [0.29, 0.717) is 0 Å². The fourth-order valence-electron chi connectivity index (χ4n) is 3.51. The maximum absolute atomic E-state index is 4.85. The maximum Gasteiger partial charge on any atom is 0.160 e. The van der Waals surface area contributed by atoms with Crippen LogP contribution in [0.2, 0.25) is 0 Å². The van der Waals surface area contributed by atoms with E-state index in [1.807, 2.05) is 24.5 Å². The van der Waals surface area contributed by atoms with Gasteiger partial charge in [-0.25, -0.2) is 9.97 Å². The third-order valence-corrected chi connectivity index (χ3v) is 5.63. The summed E-state index contributed by atoms with van der Waals surface area (Å²) in [5.74, 6) is 0.755. The summed E-state index contributed by atoms with van der Waals surface area (Å²) in [5.41, 5.74) is 6.63. The van der Waals surface area contributed by atoms with Crippen molar-refractivity contribution in [1.82, 2.24) is 24.8 Å². The molecule has 0 saturated carbocycles. The third-order valence-electron chi connectivity index (χ3n) is 4.94. The van der Waals surface area contributed by atoms with Crippen LogP contribution in [-0.2, 0) is 19.5 Å². The Morgan fingerprint density at radius 1 is 1.00 bits per heavy atom. The first-order valence-corrected chi connectivity index (χ1v) is 10.3. The van der Waals surface area contributed by atoms with Crippen molar-refractivity contribution in [2.75, 3.05) is 6.54 Å². The Morgan fingerprint density at radius 3 is 2.86 bits per heavy atom. The molecule has 0 aliphatic carbocycles. The molecule has 0 atom stereocenters. The molecule has 138 valence electrons. The second-order valence-corrected chi connectivity index (χ2v) is 7.67. The topological polar surface area (TPSA) is 54.8 Å². The molecule has 6 heteroatoms. The van der Waals surface area contributed by atoms with Crippen molar-refractivity contribution in [2.45, 2.75) is 19.5 Å². The van der Waals surface area contributed by atoms with Crippen molar-refractivity contribution in [3.8, 4) is 22.6 Å². The van der Waals surface area contributed by atoms with Crippen LogP contribution in [0.3, 0.4) is 0 Å². The molecule has 0 saturated heterocycles. The lowest BCUT2D eigenvalue weighted by molar-refractivity contribution is 0.240. The fraction of sp³-hybridized carbons (Fsp3) is 0.182. The van der Waals surface area contributed by atoms with Crippen LogP contribution in [0.5, 0.6) is 0 Å². The highest BCUT2D eigenvalue weighted by molar-refractivity contribution is 7.08. The van der Waals surface area contributed by atoms with Gasteiger partial charge in [-0.15, -0.1) is 0 Å². The Labute approximate surface area is 167 Å². The normalized spacial score (nSPS) is 14.0. The van der Waals surface area contributed by atoms with Crippen molar-refractivity contribution in [2.24, 2.45) is 0 Å². The predicted octanol–water partition coefficient (Wildman–Crippen LogP) is 4.22. The molecule has 1 aliphatic rings. The molecule has 0 amide bonds. The number of hydrogen-bond acceptors (Lipinski definition) is 6. The van der Waals surface area contributed by atoms with Crippen LogP contribution < -0.4 is 0 Å². The van der Waals surface area contributed by atoms with E-state index in [1.165, 1.54) is 11.1 Å². The van der Waals surface area contributed by atoms with Gasteiger partial charge in [-0.2, -0.15) is 11.3 Å². The van der Waals surface area contributed by atoms with Gasteiger partial charge in [-0.3, -0.25) is 14.9 Å². The minimum absolute atomic E-state index is 0.755. The minimum atomic E-state index is 0.755. The van der Waals surface area contributed by atoms with Crippen molar-refractivity contribution in [3.63, 3.8) is 0 Å². The molecular weight excluding hydrogens is 366 g/mol. The Bertz CT molecular complexity index is 1080. The molecule has 0 bridgehead atoms. The van der Waals surface area contributed by atoms with Crippen molar-refractivity contribution in [1.29, 1.82) is 0 Å². The highest BCUT2D eigenvalue weighted by atomic mass is 32.1. The molecule has 0 spiro atoms. The van der Waals surface area contributed by atoms with E-state index < -0.39 is 0 Å². The van der Waals surface area contributed by atoms with Gasteiger partial charge in [-0.1, -0.05) is 6.07 Å². The number of rotatable bonds is 4. The lowest BCUT2D eigenvalue weighted by Crippen LogP contribution is -2.31. The first-order valence-electron chi connectivity index (χ1n) is 9.31. The smallest absolute Gasteiger partial charge is 0.160 e. The van der Waals surface area contributed by atoms with Crippen molar-refractivity contribution in [3.05, 3.63) is 82.7 Å². The number of thiophene rings is 1. The monoisotopic (exact) mass is 385 g/mol. The van der Waals surface area contributed by atoms with E-state index in [1.54, 1.807) is 17.5 Å². The van der Waals surface area contributed by atoms with Gasteiger partial charge in [0.25, 0.3) is 0 Å². The van der Waals surface area contributed by atoms with Crippen molar-refractivity contribution < 1.29 is 0 Å². The molecule has 0 fully saturated rings. The SMILES string of the molecule is c1cncc(-c2ncc3c(n2)CCN(Cc2cccc(-c4ccsc4)n2)C3)c1. The zero-order valence-electron chi connectivity index (χ0n) is 15.3. The summed E-state index contributed by atoms with van der Waals surface area (Å²) in [4.78, 5) is 20.8. The molecule has 5 heterocycles. The zero-order chi connectivity index (χ0) is 18.8. The molecule has 5 rings (SSSR count). The molecule has 0 unspecified atom stereocenters. The highest BCUT2D eigenvalue weighted by Gasteiger charge is 2.19. The first kappa shape index (κ1) is 17.2. The summed E-state index contributed by atoms with van der Waals surface area (Å²) >= 11 is 1.70. The van der Waals surface area contributed by atoms with E-state index >= 15 is 0 Å². The molecule has 5 nitrogen and oxygen atoms in total. The summed E-state index contributed by atoms with van der Waals surface area (Å²) in [6, 6.07) is 12.3. The Kier molecular flexibility index (Phi) is 4.64. The van der Waals surface area contributed by atoms with E-state index in [-0.39, 0.29) is 0 Å². The molecule has 0 N–H and O–H groups in total. The predicted molar refractivity (Wildman–Crippen MR) is 111 cm³/mol. The van der Waals surface area contributed by atoms with Crippen molar-refractivity contribution >= 4 is 11.3 Å². The lowest BCUT2D eigenvalue weighted by Gasteiger charge is -2.27. The molecule has 0 radical (unpaired) electrons. The largest absolute Gasteiger partial charge is 0.293 e. The van der Waals surface area contributed by atoms with Crippen LogP contribution in [0.25, 0.3) is 22.6 Å². The third kappa shape index (κ3) is 3.56. The first-order chi connectivity index (χ1) is 13.8. The number of aromatic nitrogens is 4. The summed E-state index contributed by atoms with van der Waals surface area (Å²) in [7, 11) is 0. The molecule has 4 aromatic heterocycles. The van der Waals surface area contributed by atoms with Gasteiger partial charge in [-0.05, 0) is 35.7 Å². The van der Waals surface area contributed by atoms with Gasteiger partial charge >= 0.3 is 0 Å². The van der Waals surface area contributed by atoms with Gasteiger partial charge in [0.05, 0.1) is 17.1 Å². The number of fused-ring (bicyclic) bond motifs is 1. The summed E-state index contributed by atoms with van der Waals surface area (Å²) in [5, 5.41) is 4.23. The van der Waals surface area contributed by atoms with Crippen LogP contribution >= 0.6 is 11.3 Å². The second-order valence-electron chi connectivity index (χ2n) is 6.89. The molecule has 0 aromatic carbocycles. The summed E-state index contributed by atoms with van der Waals surface area (Å²) in [6.07, 6.45) is 6.46. The minimum Gasteiger partial charge on any atom is -0.293 e. The standard InChI is InChI=1S/C22H19N5S/c1-4-19(25-20(5-1)17-7-10-28-15-17)14-27-9-6-21-18(13-27)12-24-22(26-21)16-3-2-8-23-11-16/h1-5,7-8,10-12,15H,6,9,13-14H2. The number of nitrogens with zero attached hydrogens (tertiary/aromatic N) is 5. The highest BCUT2D eigenvalue weighted by Crippen LogP contribution is 2.23. The van der Waals surface area contributed by atoms with E-state index in [0.717, 1.165) is 54.5 Å². The average Bonchev–Trinajstić information content (AvgIpc) is 3.29. The second kappa shape index (κ2) is 7.58. The summed E-state index contributed by atoms with van der Waals surface area (Å²) in [6.45, 7) is 2.66. The zero-order valence-corrected chi connectivity index (χ0v) is 16.1. The number of hydrogen-bond donors (Lipinski definition) is 0. The Morgan fingerprint density at radius 2 is 2.00 bits per heavy atom. The molecule has 4 aromatic rings. The van der Waals surface area contributed by atoms with Crippen LogP contribution in [0, 0.1) is 0 Å². The van der Waals surface area contributed by atoms with Gasteiger partial charge < -0.3 is 0 Å². The lowest BCUT2D eigenvalue weighted by atomic mass is 10.1. The van der Waals surface area contributed by atoms with Gasteiger partial charge in [0, 0.05) is 66.7 Å². The average molecular weight is 385 g/mol. The van der Waals surface area contributed by atoms with Gasteiger partial charge in [0.15, 0.2) is 5.82 Å². The van der Waals surface area contributed by atoms with E-state index in [9.17, 15) is 0 Å². The van der Waals surface area contributed by atoms with E-state index in [4.69, 9.17) is 9.97 Å². The van der Waals surface area contributed by atoms with Crippen LogP contribution in [-0.4, -0.2) is 31.4 Å². The molecular formula is C22H19N5S. The maximum atomic E-state index is 4.85. The fourth-order valence-corrected chi connectivity index (χ4v) is 4.16. The summed E-state index contributed by atoms with van der Waals surface area (Å²) < 4.78 is 0. The van der Waals surface area contributed by atoms with Gasteiger partial charge in [0.2, 0.25) is 0 Å². The molecule has 1 aliphatic heterocycles. The number of pyridine rings is 2.